The van der Waals surface area contributed by atoms with Crippen molar-refractivity contribution in [2.24, 2.45) is 0 Å². The summed E-state index contributed by atoms with van der Waals surface area (Å²) in [6, 6.07) is 18.6. The highest BCUT2D eigenvalue weighted by Crippen LogP contribution is 2.46. The molecular weight excluding hydrogens is 615 g/mol. The highest BCUT2D eigenvalue weighted by Gasteiger charge is 2.20. The summed E-state index contributed by atoms with van der Waals surface area (Å²) in [5, 5.41) is 3.08. The van der Waals surface area contributed by atoms with Gasteiger partial charge in [0.1, 0.15) is 11.2 Å². The highest BCUT2D eigenvalue weighted by atomic mass is 32.1. The van der Waals surface area contributed by atoms with Gasteiger partial charge in [0, 0.05) is 43.7 Å². The molecule has 0 atom stereocenters. The van der Waals surface area contributed by atoms with Gasteiger partial charge >= 0.3 is 0 Å². The van der Waals surface area contributed by atoms with Gasteiger partial charge in [-0.15, -0.1) is 11.3 Å². The molecule has 2 heterocycles. The van der Waals surface area contributed by atoms with Gasteiger partial charge in [0.25, 0.3) is 0 Å². The van der Waals surface area contributed by atoms with Gasteiger partial charge in [-0.3, -0.25) is 0 Å². The van der Waals surface area contributed by atoms with Crippen molar-refractivity contribution in [2.75, 3.05) is 4.90 Å². The number of para-hydroxylation sites is 1. The van der Waals surface area contributed by atoms with Crippen LogP contribution >= 0.6 is 11.3 Å². The van der Waals surface area contributed by atoms with Crippen LogP contribution in [0.3, 0.4) is 0 Å². The number of hydrogen-bond acceptors (Lipinski definition) is 3. The maximum atomic E-state index is 9.70. The molecule has 0 fully saturated rings. The molecule has 0 radical (unpaired) electrons. The molecule has 230 valence electrons. The van der Waals surface area contributed by atoms with E-state index in [0.717, 1.165) is 37.0 Å². The van der Waals surface area contributed by atoms with E-state index in [1.807, 2.05) is 78.9 Å². The fourth-order valence-electron chi connectivity index (χ4n) is 6.38. The van der Waals surface area contributed by atoms with Gasteiger partial charge in [0.15, 0.2) is 0 Å². The van der Waals surface area contributed by atoms with Crippen LogP contribution in [-0.4, -0.2) is 0 Å². The van der Waals surface area contributed by atoms with Gasteiger partial charge in [0.05, 0.1) is 29.6 Å². The topological polar surface area (TPSA) is 16.4 Å². The van der Waals surface area contributed by atoms with E-state index >= 15 is 0 Å². The molecule has 0 amide bonds. The Bertz CT molecular complexity index is 3600. The summed E-state index contributed by atoms with van der Waals surface area (Å²) in [6.45, 7) is 0. The third-order valence-electron chi connectivity index (χ3n) is 8.60. The maximum absolute atomic E-state index is 9.70. The van der Waals surface area contributed by atoms with Crippen LogP contribution in [0.15, 0.2) is 180 Å². The van der Waals surface area contributed by atoms with E-state index in [2.05, 4.69) is 0 Å². The highest BCUT2D eigenvalue weighted by molar-refractivity contribution is 7.26. The minimum atomic E-state index is -0.729. The fourth-order valence-corrected chi connectivity index (χ4v) is 7.59. The Morgan fingerprint density at radius 3 is 2.18 bits per heavy atom. The van der Waals surface area contributed by atoms with Crippen molar-refractivity contribution in [1.29, 1.82) is 0 Å². The lowest BCUT2D eigenvalue weighted by atomic mass is 9.93. The number of nitrogens with zero attached hydrogens (tertiary/aromatic N) is 1. The van der Waals surface area contributed by atoms with E-state index in [9.17, 15) is 8.22 Å². The van der Waals surface area contributed by atoms with Gasteiger partial charge < -0.3 is 9.32 Å². The Labute approximate surface area is 307 Å². The van der Waals surface area contributed by atoms with Crippen molar-refractivity contribution in [3.8, 4) is 22.3 Å². The summed E-state index contributed by atoms with van der Waals surface area (Å²) in [4.78, 5) is 1.64. The molecule has 3 heteroatoms. The number of hydrogen-bond donors (Lipinski definition) is 0. The van der Waals surface area contributed by atoms with E-state index in [-0.39, 0.29) is 22.0 Å². The Hall–Kier alpha value is -6.16. The first-order chi connectivity index (χ1) is 30.1. The first-order valence-electron chi connectivity index (χ1n) is 22.5. The van der Waals surface area contributed by atoms with Crippen LogP contribution in [0.1, 0.15) is 19.2 Å². The molecule has 10 rings (SSSR count). The first kappa shape index (κ1) is 17.3. The zero-order valence-electron chi connectivity index (χ0n) is 39.4. The number of anilines is 3. The van der Waals surface area contributed by atoms with Crippen LogP contribution in [0.2, 0.25) is 0 Å². The Morgan fingerprint density at radius 1 is 0.510 bits per heavy atom. The van der Waals surface area contributed by atoms with Crippen molar-refractivity contribution >= 4 is 81.3 Å². The molecule has 0 spiro atoms. The summed E-state index contributed by atoms with van der Waals surface area (Å²) in [5.74, 6) is 0. The van der Waals surface area contributed by atoms with Crippen LogP contribution in [0, 0.1) is 0 Å². The van der Waals surface area contributed by atoms with Crippen LogP contribution in [0.4, 0.5) is 17.1 Å². The van der Waals surface area contributed by atoms with Gasteiger partial charge in [0.2, 0.25) is 0 Å². The largest absolute Gasteiger partial charge is 0.456 e. The van der Waals surface area contributed by atoms with Crippen LogP contribution in [0.25, 0.3) is 75.1 Å². The molecular formula is C46H29NOS. The van der Waals surface area contributed by atoms with E-state index in [1.54, 1.807) is 11.0 Å². The summed E-state index contributed by atoms with van der Waals surface area (Å²) < 4.78 is 134. The number of benzene rings is 8. The van der Waals surface area contributed by atoms with Crippen molar-refractivity contribution in [3.63, 3.8) is 0 Å². The SMILES string of the molecule is [2H]c1cc2c(-c3c([2H])c([2H])c([2H])c([2H])c3[2H])c([2H])c(-c3c([2H])c([2H])c(N(c4ccc5c(c4)oc4ccccc45)c4cccc5c4sc4ccccc45)c([2H])c3[2H])c([2H])c2c([2H])c1[2H]. The normalized spacial score (nSPS) is 15.7. The molecule has 0 aliphatic carbocycles. The predicted octanol–water partition coefficient (Wildman–Crippen LogP) is 13.9. The van der Waals surface area contributed by atoms with E-state index in [0.29, 0.717) is 22.5 Å². The maximum Gasteiger partial charge on any atom is 0.137 e. The summed E-state index contributed by atoms with van der Waals surface area (Å²) in [6.07, 6.45) is 0. The molecule has 0 saturated carbocycles. The molecule has 0 aliphatic heterocycles. The minimum Gasteiger partial charge on any atom is -0.456 e. The van der Waals surface area contributed by atoms with E-state index < -0.39 is 101 Å². The molecule has 0 aliphatic rings. The summed E-state index contributed by atoms with van der Waals surface area (Å²) in [7, 11) is 0. The number of furan rings is 1. The van der Waals surface area contributed by atoms with Gasteiger partial charge in [-0.25, -0.2) is 0 Å². The molecule has 0 unspecified atom stereocenters. The van der Waals surface area contributed by atoms with Gasteiger partial charge in [-0.05, 0) is 87.5 Å². The Kier molecular flexibility index (Phi) is 3.96. The second-order valence-corrected chi connectivity index (χ2v) is 12.5. The quantitative estimate of drug-likeness (QED) is 0.183. The summed E-state index contributed by atoms with van der Waals surface area (Å²) in [5.41, 5.74) is 0.114. The standard InChI is InChI=1S/C46H29NOS/c1-2-11-31(12-3-1)41-28-33(27-32-13-4-5-14-36(32)41)30-21-23-34(24-22-30)47(35-25-26-38-37-15-6-8-19-43(37)48-44(38)29-35)42-18-10-17-40-39-16-7-9-20-45(39)49-46(40)42/h1-29H/i1D,2D,3D,4D,5D,11D,12D,13D,21D,22D,23D,24D,27D,28D. The molecule has 0 bridgehead atoms. The van der Waals surface area contributed by atoms with Crippen molar-refractivity contribution in [3.05, 3.63) is 176 Å². The van der Waals surface area contributed by atoms with Crippen LogP contribution in [-0.2, 0) is 0 Å². The third-order valence-corrected chi connectivity index (χ3v) is 9.80. The van der Waals surface area contributed by atoms with Crippen molar-refractivity contribution in [1.82, 2.24) is 0 Å². The second-order valence-electron chi connectivity index (χ2n) is 11.4. The van der Waals surface area contributed by atoms with E-state index in [4.69, 9.17) is 15.4 Å². The van der Waals surface area contributed by atoms with Crippen molar-refractivity contribution in [2.45, 2.75) is 0 Å². The number of rotatable bonds is 5. The third kappa shape index (κ3) is 4.62. The monoisotopic (exact) mass is 657 g/mol. The van der Waals surface area contributed by atoms with Crippen LogP contribution in [0.5, 0.6) is 0 Å². The zero-order valence-corrected chi connectivity index (χ0v) is 26.2. The average molecular weight is 658 g/mol. The lowest BCUT2D eigenvalue weighted by Crippen LogP contribution is -2.10. The lowest BCUT2D eigenvalue weighted by Gasteiger charge is -2.26. The lowest BCUT2D eigenvalue weighted by molar-refractivity contribution is 0.669. The zero-order chi connectivity index (χ0) is 44.5. The smallest absolute Gasteiger partial charge is 0.137 e. The van der Waals surface area contributed by atoms with Gasteiger partial charge in [-0.1, -0.05) is 115 Å². The number of fused-ring (bicyclic) bond motifs is 7. The van der Waals surface area contributed by atoms with Crippen molar-refractivity contribution < 1.29 is 23.6 Å². The molecule has 0 N–H and O–H groups in total. The molecule has 49 heavy (non-hydrogen) atoms. The Balaban J connectivity index is 1.30. The number of thiophene rings is 1. The first-order valence-corrected chi connectivity index (χ1v) is 16.3. The summed E-state index contributed by atoms with van der Waals surface area (Å²) >= 11 is 1.50. The fraction of sp³-hybridized carbons (Fsp3) is 0. The molecule has 8 aromatic carbocycles. The average Bonchev–Trinajstić information content (AvgIpc) is 3.85. The predicted molar refractivity (Wildman–Crippen MR) is 210 cm³/mol. The molecule has 10 aromatic rings. The molecule has 2 nitrogen and oxygen atoms in total. The molecule has 0 saturated heterocycles. The van der Waals surface area contributed by atoms with E-state index in [1.165, 1.54) is 11.3 Å². The van der Waals surface area contributed by atoms with Crippen LogP contribution < -0.4 is 4.90 Å². The Morgan fingerprint density at radius 2 is 1.29 bits per heavy atom. The van der Waals surface area contributed by atoms with Gasteiger partial charge in [-0.2, -0.15) is 0 Å². The minimum absolute atomic E-state index is 0.160. The molecule has 2 aromatic heterocycles. The second kappa shape index (κ2) is 11.2.